The fourth-order valence-electron chi connectivity index (χ4n) is 2.04. The Kier molecular flexibility index (Phi) is 7.71. The molecular weight excluding hydrogens is 743 g/mol. The van der Waals surface area contributed by atoms with Gasteiger partial charge < -0.3 is 10.2 Å². The summed E-state index contributed by atoms with van der Waals surface area (Å²) in [5, 5.41) is 19.4. The summed E-state index contributed by atoms with van der Waals surface area (Å²) in [4.78, 5) is 23.8. The minimum absolute atomic E-state index is 0.234. The number of carbonyl (C=O) groups is 2. The molecule has 118 valence electrons. The van der Waals surface area contributed by atoms with Crippen LogP contribution in [0, 0.1) is 11.3 Å². The van der Waals surface area contributed by atoms with Crippen molar-refractivity contribution in [3.63, 3.8) is 0 Å². The summed E-state index contributed by atoms with van der Waals surface area (Å²) in [6.07, 6.45) is 0. The van der Waals surface area contributed by atoms with Crippen molar-refractivity contribution in [2.75, 3.05) is 0 Å². The first kappa shape index (κ1) is 20.8. The van der Waals surface area contributed by atoms with E-state index >= 15 is 0 Å². The summed E-state index contributed by atoms with van der Waals surface area (Å²) in [5.74, 6) is -3.87. The van der Waals surface area contributed by atoms with E-state index in [-0.39, 0.29) is 4.48 Å². The second kappa shape index (κ2) is 7.77. The first-order chi connectivity index (χ1) is 9.51. The third kappa shape index (κ3) is 3.44. The molecule has 0 aromatic carbocycles. The van der Waals surface area contributed by atoms with Gasteiger partial charge in [-0.2, -0.15) is 0 Å². The molecule has 1 aliphatic carbocycles. The molecule has 0 spiro atoms. The molecule has 0 saturated carbocycles. The molecule has 0 amide bonds. The highest BCUT2D eigenvalue weighted by Crippen LogP contribution is 2.59. The Bertz CT molecular complexity index is 554. The van der Waals surface area contributed by atoms with Crippen LogP contribution in [0.15, 0.2) is 19.0 Å². The third-order valence-corrected chi connectivity index (χ3v) is 8.88. The van der Waals surface area contributed by atoms with Crippen LogP contribution in [0.25, 0.3) is 0 Å². The van der Waals surface area contributed by atoms with Crippen molar-refractivity contribution < 1.29 is 19.8 Å². The molecule has 0 aromatic heterocycles. The Morgan fingerprint density at radius 3 is 1.76 bits per heavy atom. The lowest BCUT2D eigenvalue weighted by molar-refractivity contribution is -0.156. The molecule has 11 heteroatoms. The third-order valence-electron chi connectivity index (χ3n) is 2.96. The molecule has 2 unspecified atom stereocenters. The zero-order valence-corrected chi connectivity index (χ0v) is 20.7. The van der Waals surface area contributed by atoms with E-state index in [1.54, 1.807) is 0 Å². The predicted molar refractivity (Wildman–Crippen MR) is 105 cm³/mol. The molecule has 0 bridgehead atoms. The molecule has 0 fully saturated rings. The first-order valence-electron chi connectivity index (χ1n) is 4.99. The van der Waals surface area contributed by atoms with Gasteiger partial charge in [-0.25, -0.2) is 0 Å². The Labute approximate surface area is 179 Å². The number of rotatable bonds is 4. The van der Waals surface area contributed by atoms with Gasteiger partial charge in [0.05, 0.1) is 7.47 Å². The van der Waals surface area contributed by atoms with Crippen LogP contribution in [0.2, 0.25) is 0 Å². The summed E-state index contributed by atoms with van der Waals surface area (Å²) >= 11 is 22.8. The van der Waals surface area contributed by atoms with Crippen LogP contribution in [-0.2, 0) is 9.59 Å². The number of alkyl halides is 4. The highest BCUT2D eigenvalue weighted by Gasteiger charge is 2.61. The molecule has 2 atom stereocenters. The van der Waals surface area contributed by atoms with Crippen molar-refractivity contribution in [2.45, 2.75) is 7.47 Å². The van der Waals surface area contributed by atoms with Gasteiger partial charge in [-0.1, -0.05) is 79.6 Å². The number of allylic oxidation sites excluding steroid dienone is 2. The second-order valence-corrected chi connectivity index (χ2v) is 12.5. The van der Waals surface area contributed by atoms with Crippen molar-refractivity contribution in [1.29, 1.82) is 0 Å². The Morgan fingerprint density at radius 2 is 1.48 bits per heavy atom. The van der Waals surface area contributed by atoms with Crippen LogP contribution in [0.1, 0.15) is 0 Å². The van der Waals surface area contributed by atoms with Crippen molar-refractivity contribution in [2.24, 2.45) is 11.3 Å². The quantitative estimate of drug-likeness (QED) is 0.365. The fraction of sp³-hybridized carbons (Fsp3) is 0.400. The van der Waals surface area contributed by atoms with E-state index in [9.17, 15) is 19.8 Å². The zero-order chi connectivity index (χ0) is 16.7. The van der Waals surface area contributed by atoms with Crippen molar-refractivity contribution in [1.82, 2.24) is 0 Å². The van der Waals surface area contributed by atoms with E-state index in [4.69, 9.17) is 0 Å². The summed E-state index contributed by atoms with van der Waals surface area (Å²) in [6.45, 7) is 0. The lowest BCUT2D eigenvalue weighted by Crippen LogP contribution is -2.51. The van der Waals surface area contributed by atoms with Crippen molar-refractivity contribution in [3.05, 3.63) is 19.0 Å². The minimum Gasteiger partial charge on any atom is -0.481 e. The molecule has 2 N–H and O–H groups in total. The Balaban J connectivity index is 3.92. The van der Waals surface area contributed by atoms with Crippen LogP contribution in [-0.4, -0.2) is 29.6 Å². The van der Waals surface area contributed by atoms with Gasteiger partial charge in [0.25, 0.3) is 0 Å². The van der Waals surface area contributed by atoms with Crippen molar-refractivity contribution >= 4 is 123 Å². The van der Waals surface area contributed by atoms with E-state index in [2.05, 4.69) is 112 Å². The minimum atomic E-state index is -1.77. The van der Waals surface area contributed by atoms with Crippen LogP contribution in [0.3, 0.4) is 0 Å². The van der Waals surface area contributed by atoms with E-state index in [0.717, 1.165) is 0 Å². The maximum Gasteiger partial charge on any atom is 0.317 e. The van der Waals surface area contributed by atoms with Gasteiger partial charge in [0.2, 0.25) is 0 Å². The summed E-state index contributed by atoms with van der Waals surface area (Å²) in [7, 11) is 0. The Hall–Kier alpha value is 1.78. The maximum atomic E-state index is 12.1. The molecule has 21 heavy (non-hydrogen) atoms. The normalized spacial score (nSPS) is 26.8. The molecule has 0 aromatic rings. The summed E-state index contributed by atoms with van der Waals surface area (Å²) < 4.78 is -0.242. The predicted octanol–water partition coefficient (Wildman–Crippen LogP) is 5.65. The number of carboxylic acids is 2. The highest BCUT2D eigenvalue weighted by atomic mass is 79.9. The molecular formula is C10H5Br7O4. The fourth-order valence-corrected chi connectivity index (χ4v) is 7.52. The number of hydrogen-bond donors (Lipinski definition) is 2. The topological polar surface area (TPSA) is 74.6 Å². The molecule has 4 nitrogen and oxygen atoms in total. The summed E-state index contributed by atoms with van der Waals surface area (Å²) in [5.41, 5.74) is -1.44. The average molecular weight is 748 g/mol. The standard InChI is InChI=1S/C10H5Br7O4/c11-3-1(6(14)15)10(8(16)17,9(20)21)2(7(18)19)4(12)5(3)13/h2,6,8H,(H,18,19)(H,20,21). The van der Waals surface area contributed by atoms with Crippen LogP contribution < -0.4 is 0 Å². The lowest BCUT2D eigenvalue weighted by Gasteiger charge is -2.42. The van der Waals surface area contributed by atoms with Crippen LogP contribution in [0.4, 0.5) is 0 Å². The van der Waals surface area contributed by atoms with Gasteiger partial charge in [-0.15, -0.1) is 0 Å². The van der Waals surface area contributed by atoms with Gasteiger partial charge in [-0.05, 0) is 37.4 Å². The van der Waals surface area contributed by atoms with Crippen LogP contribution >= 0.6 is 112 Å². The lowest BCUT2D eigenvalue weighted by atomic mass is 9.69. The molecule has 1 rings (SSSR count). The molecule has 0 heterocycles. The number of carboxylic acid groups (broad SMARTS) is 2. The maximum absolute atomic E-state index is 12.1. The Morgan fingerprint density at radius 1 is 1.00 bits per heavy atom. The zero-order valence-electron chi connectivity index (χ0n) is 9.59. The number of hydrogen-bond acceptors (Lipinski definition) is 2. The van der Waals surface area contributed by atoms with E-state index in [1.807, 2.05) is 0 Å². The smallest absolute Gasteiger partial charge is 0.317 e. The molecule has 0 radical (unpaired) electrons. The first-order valence-corrected chi connectivity index (χ1v) is 11.0. The van der Waals surface area contributed by atoms with E-state index in [0.29, 0.717) is 14.5 Å². The molecule has 1 aliphatic rings. The highest BCUT2D eigenvalue weighted by molar-refractivity contribution is 9.25. The number of halogens is 7. The van der Waals surface area contributed by atoms with Crippen LogP contribution in [0.5, 0.6) is 0 Å². The molecule has 0 saturated heterocycles. The summed E-state index contributed by atoms with van der Waals surface area (Å²) in [6, 6.07) is 0. The SMILES string of the molecule is O=C(O)C1C(Br)=C(Br)C(Br)=C(C(Br)Br)C1(C(=O)O)C(Br)Br. The second-order valence-electron chi connectivity index (χ2n) is 3.94. The van der Waals surface area contributed by atoms with E-state index in [1.165, 1.54) is 0 Å². The van der Waals surface area contributed by atoms with Crippen molar-refractivity contribution in [3.8, 4) is 0 Å². The van der Waals surface area contributed by atoms with Gasteiger partial charge in [0.15, 0.2) is 0 Å². The van der Waals surface area contributed by atoms with Gasteiger partial charge >= 0.3 is 11.9 Å². The van der Waals surface area contributed by atoms with E-state index < -0.39 is 30.7 Å². The molecule has 0 aliphatic heterocycles. The monoisotopic (exact) mass is 741 g/mol. The number of aliphatic carboxylic acids is 2. The van der Waals surface area contributed by atoms with Gasteiger partial charge in [0, 0.05) is 13.4 Å². The van der Waals surface area contributed by atoms with Gasteiger partial charge in [0.1, 0.15) is 11.3 Å². The largest absolute Gasteiger partial charge is 0.481 e. The average Bonchev–Trinajstić information content (AvgIpc) is 2.33. The van der Waals surface area contributed by atoms with Gasteiger partial charge in [-0.3, -0.25) is 9.59 Å².